The van der Waals surface area contributed by atoms with Gasteiger partial charge in [-0.25, -0.2) is 9.18 Å². The Bertz CT molecular complexity index is 584. The molecule has 20 heavy (non-hydrogen) atoms. The average Bonchev–Trinajstić information content (AvgIpc) is 2.92. The molecule has 1 N–H and O–H groups in total. The number of nitrogens with zero attached hydrogens (tertiary/aromatic N) is 1. The van der Waals surface area contributed by atoms with Crippen LogP contribution in [0.4, 0.5) is 4.39 Å². The Morgan fingerprint density at radius 3 is 2.75 bits per heavy atom. The van der Waals surface area contributed by atoms with Crippen molar-refractivity contribution < 1.29 is 14.3 Å². The number of carbonyl (C=O) groups is 1. The molecular weight excluding hydrogens is 277 g/mol. The van der Waals surface area contributed by atoms with E-state index in [4.69, 9.17) is 5.11 Å². The van der Waals surface area contributed by atoms with Crippen molar-refractivity contribution in [2.24, 2.45) is 0 Å². The monoisotopic (exact) mass is 293 g/mol. The number of carboxylic acids is 1. The van der Waals surface area contributed by atoms with E-state index in [1.54, 1.807) is 17.4 Å². The van der Waals surface area contributed by atoms with Crippen LogP contribution in [0.5, 0.6) is 0 Å². The molecule has 0 bridgehead atoms. The van der Waals surface area contributed by atoms with Gasteiger partial charge in [0.2, 0.25) is 0 Å². The zero-order chi connectivity index (χ0) is 14.5. The summed E-state index contributed by atoms with van der Waals surface area (Å²) in [6, 6.07) is 8.35. The van der Waals surface area contributed by atoms with E-state index >= 15 is 0 Å². The minimum atomic E-state index is -1.23. The molecule has 3 nitrogen and oxygen atoms in total. The van der Waals surface area contributed by atoms with Crippen molar-refractivity contribution in [3.8, 4) is 0 Å². The smallest absolute Gasteiger partial charge is 0.338 e. The second-order valence-corrected chi connectivity index (χ2v) is 5.53. The SMILES string of the molecule is CCN(Cc1ccc(F)c(C(=O)O)c1)Cc1cccs1. The van der Waals surface area contributed by atoms with E-state index in [1.807, 2.05) is 11.4 Å². The van der Waals surface area contributed by atoms with E-state index in [-0.39, 0.29) is 5.56 Å². The molecule has 0 fully saturated rings. The largest absolute Gasteiger partial charge is 0.478 e. The van der Waals surface area contributed by atoms with Gasteiger partial charge in [-0.3, -0.25) is 4.90 Å². The highest BCUT2D eigenvalue weighted by molar-refractivity contribution is 7.09. The summed E-state index contributed by atoms with van der Waals surface area (Å²) in [5.74, 6) is -1.92. The fourth-order valence-corrected chi connectivity index (χ4v) is 2.74. The summed E-state index contributed by atoms with van der Waals surface area (Å²) < 4.78 is 13.4. The maximum absolute atomic E-state index is 13.4. The van der Waals surface area contributed by atoms with Crippen LogP contribution < -0.4 is 0 Å². The Hall–Kier alpha value is -1.72. The molecule has 5 heteroatoms. The molecule has 0 unspecified atom stereocenters. The molecule has 1 heterocycles. The van der Waals surface area contributed by atoms with Gasteiger partial charge in [0.15, 0.2) is 0 Å². The average molecular weight is 293 g/mol. The molecule has 0 saturated carbocycles. The van der Waals surface area contributed by atoms with Crippen molar-refractivity contribution >= 4 is 17.3 Å². The topological polar surface area (TPSA) is 40.5 Å². The number of benzene rings is 1. The van der Waals surface area contributed by atoms with Crippen LogP contribution >= 0.6 is 11.3 Å². The highest BCUT2D eigenvalue weighted by Crippen LogP contribution is 2.16. The molecule has 0 aliphatic rings. The van der Waals surface area contributed by atoms with Gasteiger partial charge >= 0.3 is 5.97 Å². The lowest BCUT2D eigenvalue weighted by Crippen LogP contribution is -2.22. The summed E-state index contributed by atoms with van der Waals surface area (Å²) in [6.45, 7) is 4.32. The lowest BCUT2D eigenvalue weighted by atomic mass is 10.1. The zero-order valence-corrected chi connectivity index (χ0v) is 12.0. The van der Waals surface area contributed by atoms with Gasteiger partial charge in [0.05, 0.1) is 5.56 Å². The predicted octanol–water partition coefficient (Wildman–Crippen LogP) is 3.61. The highest BCUT2D eigenvalue weighted by Gasteiger charge is 2.12. The maximum atomic E-state index is 13.4. The summed E-state index contributed by atoms with van der Waals surface area (Å²) >= 11 is 1.69. The fourth-order valence-electron chi connectivity index (χ4n) is 2.00. The molecule has 2 aromatic rings. The summed E-state index contributed by atoms with van der Waals surface area (Å²) in [6.07, 6.45) is 0. The first-order valence-corrected chi connectivity index (χ1v) is 7.24. The Balaban J connectivity index is 2.11. The number of thiophene rings is 1. The Kier molecular flexibility index (Phi) is 4.87. The Labute approximate surface area is 121 Å². The molecule has 0 atom stereocenters. The van der Waals surface area contributed by atoms with Gasteiger partial charge < -0.3 is 5.11 Å². The molecular formula is C15H16FNO2S. The molecule has 0 spiro atoms. The first-order chi connectivity index (χ1) is 9.60. The van der Waals surface area contributed by atoms with Gasteiger partial charge in [-0.2, -0.15) is 0 Å². The number of hydrogen-bond donors (Lipinski definition) is 1. The first-order valence-electron chi connectivity index (χ1n) is 6.36. The summed E-state index contributed by atoms with van der Waals surface area (Å²) in [5, 5.41) is 11.0. The maximum Gasteiger partial charge on any atom is 0.338 e. The zero-order valence-electron chi connectivity index (χ0n) is 11.2. The lowest BCUT2D eigenvalue weighted by molar-refractivity contribution is 0.0691. The van der Waals surface area contributed by atoms with Crippen molar-refractivity contribution in [3.63, 3.8) is 0 Å². The molecule has 0 amide bonds. The molecule has 0 aliphatic heterocycles. The number of rotatable bonds is 6. The van der Waals surface area contributed by atoms with Gasteiger partial charge in [0, 0.05) is 18.0 Å². The van der Waals surface area contributed by atoms with Gasteiger partial charge in [0.1, 0.15) is 5.82 Å². The Morgan fingerprint density at radius 1 is 1.35 bits per heavy atom. The standard InChI is InChI=1S/C15H16FNO2S/c1-2-17(10-12-4-3-7-20-12)9-11-5-6-14(16)13(8-11)15(18)19/h3-8H,2,9-10H2,1H3,(H,18,19). The van der Waals surface area contributed by atoms with Crippen LogP contribution in [0.2, 0.25) is 0 Å². The first kappa shape index (κ1) is 14.7. The van der Waals surface area contributed by atoms with Gasteiger partial charge in [-0.1, -0.05) is 19.1 Å². The fraction of sp³-hybridized carbons (Fsp3) is 0.267. The quantitative estimate of drug-likeness (QED) is 0.884. The molecule has 1 aromatic heterocycles. The molecule has 1 aromatic carbocycles. The van der Waals surface area contributed by atoms with E-state index in [0.717, 1.165) is 18.7 Å². The van der Waals surface area contributed by atoms with Crippen LogP contribution in [0, 0.1) is 5.82 Å². The molecule has 2 rings (SSSR count). The summed E-state index contributed by atoms with van der Waals surface area (Å²) in [5.41, 5.74) is 0.539. The van der Waals surface area contributed by atoms with Crippen molar-refractivity contribution in [3.05, 3.63) is 57.5 Å². The highest BCUT2D eigenvalue weighted by atomic mass is 32.1. The van der Waals surface area contributed by atoms with Crippen LogP contribution in [0.3, 0.4) is 0 Å². The number of hydrogen-bond acceptors (Lipinski definition) is 3. The number of halogens is 1. The minimum Gasteiger partial charge on any atom is -0.478 e. The van der Waals surface area contributed by atoms with E-state index in [1.165, 1.54) is 17.0 Å². The molecule has 0 saturated heterocycles. The third-order valence-electron chi connectivity index (χ3n) is 3.07. The number of aromatic carboxylic acids is 1. The van der Waals surface area contributed by atoms with Gasteiger partial charge in [0.25, 0.3) is 0 Å². The van der Waals surface area contributed by atoms with Crippen molar-refractivity contribution in [2.75, 3.05) is 6.54 Å². The van der Waals surface area contributed by atoms with Crippen LogP contribution in [-0.4, -0.2) is 22.5 Å². The van der Waals surface area contributed by atoms with E-state index in [2.05, 4.69) is 17.9 Å². The molecule has 0 radical (unpaired) electrons. The third-order valence-corrected chi connectivity index (χ3v) is 3.94. The van der Waals surface area contributed by atoms with Crippen molar-refractivity contribution in [1.29, 1.82) is 0 Å². The third kappa shape index (κ3) is 3.65. The molecule has 106 valence electrons. The minimum absolute atomic E-state index is 0.269. The normalized spacial score (nSPS) is 10.9. The second-order valence-electron chi connectivity index (χ2n) is 4.50. The van der Waals surface area contributed by atoms with E-state index in [9.17, 15) is 9.18 Å². The van der Waals surface area contributed by atoms with Crippen molar-refractivity contribution in [2.45, 2.75) is 20.0 Å². The summed E-state index contributed by atoms with van der Waals surface area (Å²) in [7, 11) is 0. The van der Waals surface area contributed by atoms with Crippen LogP contribution in [0.25, 0.3) is 0 Å². The summed E-state index contributed by atoms with van der Waals surface area (Å²) in [4.78, 5) is 14.4. The van der Waals surface area contributed by atoms with E-state index in [0.29, 0.717) is 6.54 Å². The lowest BCUT2D eigenvalue weighted by Gasteiger charge is -2.20. The van der Waals surface area contributed by atoms with Crippen LogP contribution in [0.1, 0.15) is 27.7 Å². The Morgan fingerprint density at radius 2 is 2.15 bits per heavy atom. The number of carboxylic acid groups (broad SMARTS) is 1. The van der Waals surface area contributed by atoms with Crippen LogP contribution in [0.15, 0.2) is 35.7 Å². The predicted molar refractivity (Wildman–Crippen MR) is 77.5 cm³/mol. The van der Waals surface area contributed by atoms with E-state index < -0.39 is 11.8 Å². The van der Waals surface area contributed by atoms with Crippen molar-refractivity contribution in [1.82, 2.24) is 4.90 Å². The molecule has 0 aliphatic carbocycles. The van der Waals surface area contributed by atoms with Crippen LogP contribution in [-0.2, 0) is 13.1 Å². The second kappa shape index (κ2) is 6.63. The van der Waals surface area contributed by atoms with Gasteiger partial charge in [-0.05, 0) is 35.7 Å². The van der Waals surface area contributed by atoms with Gasteiger partial charge in [-0.15, -0.1) is 11.3 Å².